The van der Waals surface area contributed by atoms with Gasteiger partial charge in [-0.05, 0) is 30.2 Å². The maximum Gasteiger partial charge on any atom is 0.0174 e. The zero-order valence-electron chi connectivity index (χ0n) is 7.42. The van der Waals surface area contributed by atoms with Gasteiger partial charge in [-0.15, -0.1) is 11.3 Å². The average Bonchev–Trinajstić information content (AvgIpc) is 2.50. The predicted molar refractivity (Wildman–Crippen MR) is 53.4 cm³/mol. The van der Waals surface area contributed by atoms with Crippen molar-refractivity contribution in [2.45, 2.75) is 25.2 Å². The van der Waals surface area contributed by atoms with Gasteiger partial charge in [0, 0.05) is 16.8 Å². The van der Waals surface area contributed by atoms with Gasteiger partial charge in [0.1, 0.15) is 0 Å². The van der Waals surface area contributed by atoms with Crippen molar-refractivity contribution in [1.82, 2.24) is 0 Å². The maximum atomic E-state index is 5.83. The first-order valence-electron chi connectivity index (χ1n) is 4.51. The lowest BCUT2D eigenvalue weighted by molar-refractivity contribution is 0.169. The van der Waals surface area contributed by atoms with E-state index < -0.39 is 0 Å². The van der Waals surface area contributed by atoms with Gasteiger partial charge >= 0.3 is 0 Å². The highest BCUT2D eigenvalue weighted by Gasteiger charge is 2.42. The molecule has 1 aromatic rings. The molecule has 0 spiro atoms. The summed E-state index contributed by atoms with van der Waals surface area (Å²) in [6.45, 7) is 3.12. The normalized spacial score (nSPS) is 34.7. The molecule has 0 aromatic carbocycles. The molecule has 1 nitrogen and oxygen atoms in total. The van der Waals surface area contributed by atoms with Crippen LogP contribution in [-0.4, -0.2) is 6.54 Å². The summed E-state index contributed by atoms with van der Waals surface area (Å²) in [5, 5.41) is 2.15. The van der Waals surface area contributed by atoms with E-state index in [2.05, 4.69) is 24.4 Å². The molecule has 0 bridgehead atoms. The summed E-state index contributed by atoms with van der Waals surface area (Å²) in [6, 6.07) is 4.35. The monoisotopic (exact) mass is 181 g/mol. The Bertz CT molecular complexity index is 247. The van der Waals surface area contributed by atoms with Gasteiger partial charge in [0.25, 0.3) is 0 Å². The molecule has 1 aromatic heterocycles. The summed E-state index contributed by atoms with van der Waals surface area (Å²) in [4.78, 5) is 1.49. The fourth-order valence-electron chi connectivity index (χ4n) is 2.32. The molecule has 1 saturated carbocycles. The van der Waals surface area contributed by atoms with Crippen LogP contribution in [0.5, 0.6) is 0 Å². The molecule has 0 saturated heterocycles. The van der Waals surface area contributed by atoms with Gasteiger partial charge in [-0.1, -0.05) is 13.0 Å². The van der Waals surface area contributed by atoms with E-state index in [0.29, 0.717) is 5.41 Å². The van der Waals surface area contributed by atoms with E-state index in [9.17, 15) is 0 Å². The van der Waals surface area contributed by atoms with Crippen molar-refractivity contribution in [3.05, 3.63) is 22.4 Å². The van der Waals surface area contributed by atoms with Crippen molar-refractivity contribution in [2.75, 3.05) is 6.54 Å². The van der Waals surface area contributed by atoms with Gasteiger partial charge in [-0.25, -0.2) is 0 Å². The number of rotatable bonds is 2. The van der Waals surface area contributed by atoms with Gasteiger partial charge in [-0.3, -0.25) is 0 Å². The Kier molecular flexibility index (Phi) is 1.97. The first-order valence-corrected chi connectivity index (χ1v) is 5.39. The fourth-order valence-corrected chi connectivity index (χ4v) is 3.28. The lowest BCUT2D eigenvalue weighted by Gasteiger charge is -2.45. The van der Waals surface area contributed by atoms with Crippen molar-refractivity contribution < 1.29 is 0 Å². The van der Waals surface area contributed by atoms with E-state index in [1.165, 1.54) is 17.7 Å². The van der Waals surface area contributed by atoms with E-state index in [0.717, 1.165) is 12.5 Å². The number of thiophene rings is 1. The van der Waals surface area contributed by atoms with Crippen molar-refractivity contribution >= 4 is 11.3 Å². The molecule has 0 amide bonds. The molecule has 1 aliphatic rings. The van der Waals surface area contributed by atoms with E-state index in [1.54, 1.807) is 0 Å². The second kappa shape index (κ2) is 2.86. The Morgan fingerprint density at radius 2 is 2.42 bits per heavy atom. The SMILES string of the molecule is CC1CC(CN)(c2cccs2)C1. The molecule has 0 atom stereocenters. The van der Waals surface area contributed by atoms with Crippen LogP contribution in [0.4, 0.5) is 0 Å². The van der Waals surface area contributed by atoms with Crippen molar-refractivity contribution in [1.29, 1.82) is 0 Å². The average molecular weight is 181 g/mol. The summed E-state index contributed by atoms with van der Waals surface area (Å²) in [6.07, 6.45) is 2.56. The molecule has 1 aliphatic carbocycles. The number of hydrogen-bond acceptors (Lipinski definition) is 2. The molecule has 2 rings (SSSR count). The van der Waals surface area contributed by atoms with Gasteiger partial charge < -0.3 is 5.73 Å². The lowest BCUT2D eigenvalue weighted by atomic mass is 9.62. The third-order valence-corrected chi connectivity index (χ3v) is 4.03. The molecule has 0 aliphatic heterocycles. The fraction of sp³-hybridized carbons (Fsp3) is 0.600. The molecule has 0 radical (unpaired) electrons. The quantitative estimate of drug-likeness (QED) is 0.744. The van der Waals surface area contributed by atoms with E-state index >= 15 is 0 Å². The minimum atomic E-state index is 0.355. The summed E-state index contributed by atoms with van der Waals surface area (Å²) < 4.78 is 0. The third-order valence-electron chi connectivity index (χ3n) is 2.91. The van der Waals surface area contributed by atoms with Gasteiger partial charge in [-0.2, -0.15) is 0 Å². The summed E-state index contributed by atoms with van der Waals surface area (Å²) in [5.74, 6) is 0.871. The van der Waals surface area contributed by atoms with Crippen LogP contribution in [0.1, 0.15) is 24.6 Å². The summed E-state index contributed by atoms with van der Waals surface area (Å²) in [5.41, 5.74) is 6.18. The van der Waals surface area contributed by atoms with E-state index in [-0.39, 0.29) is 0 Å². The highest BCUT2D eigenvalue weighted by molar-refractivity contribution is 7.10. The largest absolute Gasteiger partial charge is 0.330 e. The van der Waals surface area contributed by atoms with Gasteiger partial charge in [0.15, 0.2) is 0 Å². The van der Waals surface area contributed by atoms with Crippen molar-refractivity contribution in [3.8, 4) is 0 Å². The van der Waals surface area contributed by atoms with Crippen LogP contribution in [0, 0.1) is 5.92 Å². The molecule has 1 heterocycles. The van der Waals surface area contributed by atoms with Gasteiger partial charge in [0.2, 0.25) is 0 Å². The van der Waals surface area contributed by atoms with E-state index in [4.69, 9.17) is 5.73 Å². The first-order chi connectivity index (χ1) is 5.77. The zero-order valence-corrected chi connectivity index (χ0v) is 8.23. The smallest absolute Gasteiger partial charge is 0.0174 e. The topological polar surface area (TPSA) is 26.0 Å². The predicted octanol–water partition coefficient (Wildman–Crippen LogP) is 2.37. The Morgan fingerprint density at radius 1 is 1.67 bits per heavy atom. The molecule has 12 heavy (non-hydrogen) atoms. The first kappa shape index (κ1) is 8.27. The molecule has 66 valence electrons. The molecule has 2 N–H and O–H groups in total. The molecule has 0 unspecified atom stereocenters. The van der Waals surface area contributed by atoms with Crippen molar-refractivity contribution in [3.63, 3.8) is 0 Å². The molecule has 1 fully saturated rings. The number of hydrogen-bond donors (Lipinski definition) is 1. The highest BCUT2D eigenvalue weighted by Crippen LogP contribution is 2.48. The Hall–Kier alpha value is -0.340. The minimum absolute atomic E-state index is 0.355. The Balaban J connectivity index is 2.20. The van der Waals surface area contributed by atoms with Crippen LogP contribution in [0.3, 0.4) is 0 Å². The summed E-state index contributed by atoms with van der Waals surface area (Å²) >= 11 is 1.85. The second-order valence-electron chi connectivity index (χ2n) is 3.98. The van der Waals surface area contributed by atoms with E-state index in [1.807, 2.05) is 11.3 Å². The van der Waals surface area contributed by atoms with Crippen LogP contribution in [0.15, 0.2) is 17.5 Å². The molecular weight excluding hydrogens is 166 g/mol. The van der Waals surface area contributed by atoms with Crippen LogP contribution >= 0.6 is 11.3 Å². The Morgan fingerprint density at radius 3 is 2.83 bits per heavy atom. The minimum Gasteiger partial charge on any atom is -0.330 e. The zero-order chi connectivity index (χ0) is 8.60. The van der Waals surface area contributed by atoms with Gasteiger partial charge in [0.05, 0.1) is 0 Å². The standard InChI is InChI=1S/C10H15NS/c1-8-5-10(6-8,7-11)9-3-2-4-12-9/h2-4,8H,5-7,11H2,1H3. The lowest BCUT2D eigenvalue weighted by Crippen LogP contribution is -2.45. The summed E-state index contributed by atoms with van der Waals surface area (Å²) in [7, 11) is 0. The number of nitrogens with two attached hydrogens (primary N) is 1. The highest BCUT2D eigenvalue weighted by atomic mass is 32.1. The van der Waals surface area contributed by atoms with Crippen LogP contribution in [0.2, 0.25) is 0 Å². The third kappa shape index (κ3) is 1.10. The second-order valence-corrected chi connectivity index (χ2v) is 4.92. The Labute approximate surface area is 77.6 Å². The maximum absolute atomic E-state index is 5.83. The molecule has 2 heteroatoms. The molecular formula is C10H15NS. The van der Waals surface area contributed by atoms with Crippen LogP contribution < -0.4 is 5.73 Å². The van der Waals surface area contributed by atoms with Crippen LogP contribution in [-0.2, 0) is 5.41 Å². The van der Waals surface area contributed by atoms with Crippen LogP contribution in [0.25, 0.3) is 0 Å². The van der Waals surface area contributed by atoms with Crippen molar-refractivity contribution in [2.24, 2.45) is 11.7 Å².